The third kappa shape index (κ3) is 4.14. The van der Waals surface area contributed by atoms with E-state index in [0.29, 0.717) is 25.0 Å². The first-order chi connectivity index (χ1) is 16.3. The smallest absolute Gasteiger partial charge is 0.338 e. The number of piperazine rings is 1. The summed E-state index contributed by atoms with van der Waals surface area (Å²) in [6.45, 7) is 15.9. The van der Waals surface area contributed by atoms with Gasteiger partial charge in [0, 0.05) is 50.4 Å². The van der Waals surface area contributed by atoms with Crippen molar-refractivity contribution >= 4 is 11.9 Å². The molecule has 180 valence electrons. The molecule has 2 aromatic carbocycles. The van der Waals surface area contributed by atoms with Crippen LogP contribution >= 0.6 is 0 Å². The SMILES string of the molecule is Cc1c(C(C)CN2CCN(CC(C)c3ccc4c(c3C)COC4=O)CC2)ccc2c1COC2=O. The zero-order chi connectivity index (χ0) is 24.0. The zero-order valence-electron chi connectivity index (χ0n) is 20.6. The second-order valence-corrected chi connectivity index (χ2v) is 10.2. The van der Waals surface area contributed by atoms with E-state index >= 15 is 0 Å². The van der Waals surface area contributed by atoms with Gasteiger partial charge in [0.2, 0.25) is 0 Å². The maximum atomic E-state index is 11.8. The predicted octanol–water partition coefficient (Wildman–Crippen LogP) is 4.17. The van der Waals surface area contributed by atoms with Gasteiger partial charge in [-0.15, -0.1) is 0 Å². The maximum Gasteiger partial charge on any atom is 0.338 e. The molecule has 3 aliphatic rings. The Morgan fingerprint density at radius 1 is 0.706 bits per heavy atom. The number of hydrogen-bond acceptors (Lipinski definition) is 6. The fourth-order valence-electron chi connectivity index (χ4n) is 5.93. The van der Waals surface area contributed by atoms with E-state index in [0.717, 1.165) is 61.5 Å². The van der Waals surface area contributed by atoms with Crippen LogP contribution in [-0.2, 0) is 22.7 Å². The standard InChI is InChI=1S/C28H34N2O4/c1-17(21-5-7-23-25(19(21)3)15-33-27(23)31)13-29-9-11-30(12-10-29)14-18(2)22-6-8-24-26(20(22)4)16-34-28(24)32/h5-8,17-18H,9-16H2,1-4H3. The van der Waals surface area contributed by atoms with Crippen LogP contribution in [0.25, 0.3) is 0 Å². The summed E-state index contributed by atoms with van der Waals surface area (Å²) in [5, 5.41) is 0. The van der Waals surface area contributed by atoms with Gasteiger partial charge in [-0.2, -0.15) is 0 Å². The molecule has 0 amide bonds. The fourth-order valence-corrected chi connectivity index (χ4v) is 5.93. The molecule has 2 atom stereocenters. The summed E-state index contributed by atoms with van der Waals surface area (Å²) in [7, 11) is 0. The fraction of sp³-hybridized carbons (Fsp3) is 0.500. The Hall–Kier alpha value is -2.70. The molecule has 0 radical (unpaired) electrons. The number of benzene rings is 2. The lowest BCUT2D eigenvalue weighted by Crippen LogP contribution is -2.48. The first kappa shape index (κ1) is 23.1. The van der Waals surface area contributed by atoms with Crippen LogP contribution < -0.4 is 0 Å². The molecule has 6 nitrogen and oxygen atoms in total. The molecule has 6 heteroatoms. The van der Waals surface area contributed by atoms with Crippen LogP contribution in [0.15, 0.2) is 24.3 Å². The molecular weight excluding hydrogens is 428 g/mol. The lowest BCUT2D eigenvalue weighted by atomic mass is 9.90. The summed E-state index contributed by atoms with van der Waals surface area (Å²) in [5.41, 5.74) is 8.64. The van der Waals surface area contributed by atoms with Crippen LogP contribution in [0.3, 0.4) is 0 Å². The summed E-state index contributed by atoms with van der Waals surface area (Å²) in [5.74, 6) is 0.426. The van der Waals surface area contributed by atoms with E-state index in [4.69, 9.17) is 9.47 Å². The average molecular weight is 463 g/mol. The van der Waals surface area contributed by atoms with Crippen LogP contribution in [0.4, 0.5) is 0 Å². The monoisotopic (exact) mass is 462 g/mol. The molecule has 0 aliphatic carbocycles. The topological polar surface area (TPSA) is 59.1 Å². The third-order valence-corrected chi connectivity index (χ3v) is 8.01. The van der Waals surface area contributed by atoms with Gasteiger partial charge in [0.25, 0.3) is 0 Å². The van der Waals surface area contributed by atoms with Gasteiger partial charge in [0.15, 0.2) is 0 Å². The van der Waals surface area contributed by atoms with Crippen molar-refractivity contribution < 1.29 is 19.1 Å². The minimum atomic E-state index is -0.195. The van der Waals surface area contributed by atoms with E-state index in [1.54, 1.807) is 0 Å². The van der Waals surface area contributed by atoms with E-state index in [-0.39, 0.29) is 11.9 Å². The Kier molecular flexibility index (Phi) is 6.21. The molecule has 1 fully saturated rings. The molecule has 1 saturated heterocycles. The lowest BCUT2D eigenvalue weighted by molar-refractivity contribution is 0.0526. The molecule has 2 aromatic rings. The number of hydrogen-bond donors (Lipinski definition) is 0. The van der Waals surface area contributed by atoms with Crippen LogP contribution in [-0.4, -0.2) is 61.0 Å². The van der Waals surface area contributed by atoms with Crippen molar-refractivity contribution in [2.75, 3.05) is 39.3 Å². The number of fused-ring (bicyclic) bond motifs is 2. The van der Waals surface area contributed by atoms with Gasteiger partial charge in [-0.25, -0.2) is 9.59 Å². The highest BCUT2D eigenvalue weighted by atomic mass is 16.5. The first-order valence-corrected chi connectivity index (χ1v) is 12.4. The lowest BCUT2D eigenvalue weighted by Gasteiger charge is -2.37. The number of cyclic esters (lactones) is 2. The molecule has 0 N–H and O–H groups in total. The van der Waals surface area contributed by atoms with E-state index in [9.17, 15) is 9.59 Å². The Bertz CT molecular complexity index is 1040. The highest BCUT2D eigenvalue weighted by molar-refractivity contribution is 5.94. The molecule has 3 aliphatic heterocycles. The number of carbonyl (C=O) groups excluding carboxylic acids is 2. The largest absolute Gasteiger partial charge is 0.457 e. The molecule has 0 aromatic heterocycles. The molecule has 3 heterocycles. The first-order valence-electron chi connectivity index (χ1n) is 12.4. The van der Waals surface area contributed by atoms with Gasteiger partial charge in [-0.3, -0.25) is 0 Å². The Labute approximate surface area is 201 Å². The number of carbonyl (C=O) groups is 2. The van der Waals surface area contributed by atoms with Crippen molar-refractivity contribution in [1.29, 1.82) is 0 Å². The van der Waals surface area contributed by atoms with Crippen LogP contribution in [0.2, 0.25) is 0 Å². The summed E-state index contributed by atoms with van der Waals surface area (Å²) in [4.78, 5) is 28.8. The molecule has 0 spiro atoms. The van der Waals surface area contributed by atoms with Crippen molar-refractivity contribution in [3.8, 4) is 0 Å². The summed E-state index contributed by atoms with van der Waals surface area (Å²) in [6.07, 6.45) is 0. The minimum Gasteiger partial charge on any atom is -0.457 e. The molecule has 34 heavy (non-hydrogen) atoms. The maximum absolute atomic E-state index is 11.8. The normalized spacial score (nSPS) is 20.0. The van der Waals surface area contributed by atoms with E-state index in [1.807, 2.05) is 12.1 Å². The molecule has 0 bridgehead atoms. The Morgan fingerprint density at radius 2 is 1.09 bits per heavy atom. The van der Waals surface area contributed by atoms with Gasteiger partial charge in [0.1, 0.15) is 13.2 Å². The number of ether oxygens (including phenoxy) is 2. The van der Waals surface area contributed by atoms with Crippen LogP contribution in [0.5, 0.6) is 0 Å². The van der Waals surface area contributed by atoms with Crippen molar-refractivity contribution in [2.24, 2.45) is 0 Å². The number of rotatable bonds is 6. The van der Waals surface area contributed by atoms with Gasteiger partial charge in [-0.05, 0) is 60.1 Å². The molecular formula is C28H34N2O4. The molecule has 2 unspecified atom stereocenters. The van der Waals surface area contributed by atoms with E-state index < -0.39 is 0 Å². The van der Waals surface area contributed by atoms with Crippen LogP contribution in [0, 0.1) is 13.8 Å². The highest BCUT2D eigenvalue weighted by Crippen LogP contribution is 2.32. The molecule has 5 rings (SSSR count). The van der Waals surface area contributed by atoms with E-state index in [1.165, 1.54) is 22.3 Å². The molecule has 0 saturated carbocycles. The Balaban J connectivity index is 1.16. The van der Waals surface area contributed by atoms with Crippen molar-refractivity contribution in [3.05, 3.63) is 68.8 Å². The predicted molar refractivity (Wildman–Crippen MR) is 130 cm³/mol. The number of esters is 2. The van der Waals surface area contributed by atoms with Crippen molar-refractivity contribution in [3.63, 3.8) is 0 Å². The second kappa shape index (κ2) is 9.16. The van der Waals surface area contributed by atoms with Gasteiger partial charge in [-0.1, -0.05) is 26.0 Å². The minimum absolute atomic E-state index is 0.195. The summed E-state index contributed by atoms with van der Waals surface area (Å²) < 4.78 is 10.4. The van der Waals surface area contributed by atoms with Crippen molar-refractivity contribution in [1.82, 2.24) is 9.80 Å². The summed E-state index contributed by atoms with van der Waals surface area (Å²) >= 11 is 0. The van der Waals surface area contributed by atoms with Crippen LogP contribution in [0.1, 0.15) is 79.8 Å². The number of nitrogens with zero attached hydrogens (tertiary/aromatic N) is 2. The Morgan fingerprint density at radius 3 is 1.47 bits per heavy atom. The quantitative estimate of drug-likeness (QED) is 0.601. The summed E-state index contributed by atoms with van der Waals surface area (Å²) in [6, 6.07) is 8.10. The van der Waals surface area contributed by atoms with Gasteiger partial charge in [0.05, 0.1) is 11.1 Å². The second-order valence-electron chi connectivity index (χ2n) is 10.2. The van der Waals surface area contributed by atoms with Gasteiger partial charge >= 0.3 is 11.9 Å². The van der Waals surface area contributed by atoms with Crippen molar-refractivity contribution in [2.45, 2.75) is 52.7 Å². The van der Waals surface area contributed by atoms with E-state index in [2.05, 4.69) is 49.6 Å². The third-order valence-electron chi connectivity index (χ3n) is 8.01. The highest BCUT2D eigenvalue weighted by Gasteiger charge is 2.28. The average Bonchev–Trinajstić information content (AvgIpc) is 3.39. The zero-order valence-corrected chi connectivity index (χ0v) is 20.6. The van der Waals surface area contributed by atoms with Gasteiger partial charge < -0.3 is 19.3 Å².